The van der Waals surface area contributed by atoms with Crippen molar-refractivity contribution < 1.29 is 0 Å². The first kappa shape index (κ1) is 37.4. The minimum Gasteiger partial charge on any atom is -0.337 e. The maximum Gasteiger partial charge on any atom is 0.264 e. The molecular weight excluding hydrogens is 707 g/mol. The molecule has 0 aliphatic rings. The Labute approximate surface area is 326 Å². The zero-order valence-electron chi connectivity index (χ0n) is 32.7. The van der Waals surface area contributed by atoms with Gasteiger partial charge in [0.25, 0.3) is 11.1 Å². The first-order valence-corrected chi connectivity index (χ1v) is 22.9. The van der Waals surface area contributed by atoms with Gasteiger partial charge in [0.15, 0.2) is 11.3 Å². The summed E-state index contributed by atoms with van der Waals surface area (Å²) < 4.78 is 5.77. The summed E-state index contributed by atoms with van der Waals surface area (Å²) in [5, 5.41) is 2.93. The summed E-state index contributed by atoms with van der Waals surface area (Å²) in [6.45, 7) is 4.55. The molecule has 0 N–H and O–H groups in total. The number of benzene rings is 1. The molecule has 7 nitrogen and oxygen atoms in total. The van der Waals surface area contributed by atoms with Gasteiger partial charge in [-0.2, -0.15) is 0 Å². The Balaban J connectivity index is 1.02. The molecule has 0 fully saturated rings. The Bertz CT molecular complexity index is 2440. The molecule has 0 saturated heterocycles. The number of pyridine rings is 2. The van der Waals surface area contributed by atoms with E-state index in [1.54, 1.807) is 22.7 Å². The van der Waals surface area contributed by atoms with Crippen LogP contribution in [0.3, 0.4) is 0 Å². The highest BCUT2D eigenvalue weighted by molar-refractivity contribution is 7.19. The molecule has 7 aromatic heterocycles. The van der Waals surface area contributed by atoms with Crippen molar-refractivity contribution in [3.63, 3.8) is 0 Å². The molecule has 54 heavy (non-hydrogen) atoms. The Morgan fingerprint density at radius 3 is 1.24 bits per heavy atom. The second kappa shape index (κ2) is 16.7. The summed E-state index contributed by atoms with van der Waals surface area (Å²) in [7, 11) is 2.04. The van der Waals surface area contributed by atoms with Crippen molar-refractivity contribution in [3.8, 4) is 0 Å². The van der Waals surface area contributed by atoms with Gasteiger partial charge in [-0.05, 0) is 49.9 Å². The molecule has 1 aromatic carbocycles. The van der Waals surface area contributed by atoms with Crippen LogP contribution in [0.4, 0.5) is 0 Å². The molecule has 8 rings (SSSR count). The topological polar surface area (TPSA) is 73.7 Å². The molecule has 0 saturated carbocycles. The van der Waals surface area contributed by atoms with Gasteiger partial charge in [-0.3, -0.25) is 18.4 Å². The van der Waals surface area contributed by atoms with E-state index < -0.39 is 0 Å². The fraction of sp³-hybridized carbons (Fsp3) is 0.556. The number of thiophene rings is 2. The van der Waals surface area contributed by atoms with E-state index in [-0.39, 0.29) is 11.1 Å². The van der Waals surface area contributed by atoms with Crippen molar-refractivity contribution in [1.82, 2.24) is 23.3 Å². The van der Waals surface area contributed by atoms with Gasteiger partial charge in [0.2, 0.25) is 0 Å². The summed E-state index contributed by atoms with van der Waals surface area (Å²) >= 11 is 3.44. The number of hydrogen-bond acceptors (Lipinski definition) is 6. The number of unbranched alkanes of at least 4 members (excludes halogenated alkanes) is 18. The molecule has 0 atom stereocenters. The van der Waals surface area contributed by atoms with Gasteiger partial charge >= 0.3 is 0 Å². The summed E-state index contributed by atoms with van der Waals surface area (Å²) in [6, 6.07) is 8.11. The van der Waals surface area contributed by atoms with E-state index in [9.17, 15) is 9.59 Å². The highest BCUT2D eigenvalue weighted by atomic mass is 32.1. The van der Waals surface area contributed by atoms with Crippen LogP contribution in [0.25, 0.3) is 64.6 Å². The average Bonchev–Trinajstić information content (AvgIpc) is 3.97. The van der Waals surface area contributed by atoms with Gasteiger partial charge in [-0.1, -0.05) is 129 Å². The van der Waals surface area contributed by atoms with Gasteiger partial charge in [0.05, 0.1) is 32.8 Å². The average molecular weight is 764 g/mol. The van der Waals surface area contributed by atoms with Gasteiger partial charge in [-0.25, -0.2) is 9.97 Å². The predicted molar refractivity (Wildman–Crippen MR) is 232 cm³/mol. The molecule has 8 aromatic rings. The molecule has 0 aliphatic heterocycles. The fourth-order valence-corrected chi connectivity index (χ4v) is 11.2. The first-order chi connectivity index (χ1) is 26.5. The smallest absolute Gasteiger partial charge is 0.264 e. The van der Waals surface area contributed by atoms with Crippen molar-refractivity contribution in [1.29, 1.82) is 0 Å². The van der Waals surface area contributed by atoms with Gasteiger partial charge < -0.3 is 4.57 Å². The molecule has 0 spiro atoms. The molecule has 286 valence electrons. The molecule has 0 unspecified atom stereocenters. The molecule has 9 heteroatoms. The SMILES string of the molecule is CCCCCCCCCCCCc1cc2c(nc3c4c5c(ccc6c(=O)n7c8cc(CCCCCCCCCCCC)sc8nc7c(c65)n4C)c(=O)n23)s1. The second-order valence-corrected chi connectivity index (χ2v) is 18.2. The number of rotatable bonds is 22. The van der Waals surface area contributed by atoms with Gasteiger partial charge in [-0.15, -0.1) is 22.7 Å². The quantitative estimate of drug-likeness (QED) is 0.0509. The number of imidazole rings is 2. The molecule has 0 amide bonds. The van der Waals surface area contributed by atoms with Crippen LogP contribution in [0.5, 0.6) is 0 Å². The molecule has 7 heterocycles. The van der Waals surface area contributed by atoms with Crippen LogP contribution in [0.15, 0.2) is 33.9 Å². The number of aromatic nitrogens is 5. The summed E-state index contributed by atoms with van der Waals surface area (Å²) in [5.74, 6) is 0. The van der Waals surface area contributed by atoms with Crippen molar-refractivity contribution in [2.24, 2.45) is 7.05 Å². The highest BCUT2D eigenvalue weighted by Crippen LogP contribution is 2.40. The molecule has 0 radical (unpaired) electrons. The van der Waals surface area contributed by atoms with E-state index in [1.807, 2.05) is 28.0 Å². The second-order valence-electron chi connectivity index (χ2n) is 16.0. The number of aryl methyl sites for hydroxylation is 3. The fourth-order valence-electron chi connectivity index (χ4n) is 9.05. The predicted octanol–water partition coefficient (Wildman–Crippen LogP) is 12.7. The van der Waals surface area contributed by atoms with Crippen LogP contribution >= 0.6 is 22.7 Å². The van der Waals surface area contributed by atoms with Crippen molar-refractivity contribution >= 4 is 87.2 Å². The van der Waals surface area contributed by atoms with Crippen LogP contribution in [0, 0.1) is 0 Å². The van der Waals surface area contributed by atoms with Crippen LogP contribution in [0.1, 0.15) is 152 Å². The Hall–Kier alpha value is -3.56. The van der Waals surface area contributed by atoms with E-state index in [1.165, 1.54) is 138 Å². The summed E-state index contributed by atoms with van der Waals surface area (Å²) in [5.41, 5.74) is 4.80. The lowest BCUT2D eigenvalue weighted by Gasteiger charge is -2.04. The number of nitrogens with zero attached hydrogens (tertiary/aromatic N) is 5. The monoisotopic (exact) mass is 763 g/mol. The van der Waals surface area contributed by atoms with E-state index in [2.05, 4.69) is 30.5 Å². The van der Waals surface area contributed by atoms with Crippen LogP contribution < -0.4 is 11.1 Å². The third-order valence-corrected chi connectivity index (χ3v) is 14.2. The third kappa shape index (κ3) is 6.93. The standard InChI is InChI=1S/C45H57N5O2S2/c1-4-6-8-10-12-14-16-18-20-22-24-30-28-34-42(53-30)46-40-38-36-32(44(51)49(34)40)26-27-33-37(36)39(48(38)3)41-47-43-35(50(41)45(33)52)29-31(54-43)25-23-21-19-17-15-13-11-9-7-5-2/h26-29H,4-25H2,1-3H3. The van der Waals surface area contributed by atoms with Crippen molar-refractivity contribution in [2.75, 3.05) is 0 Å². The Kier molecular flexibility index (Phi) is 11.5. The highest BCUT2D eigenvalue weighted by Gasteiger charge is 2.27. The van der Waals surface area contributed by atoms with Crippen molar-refractivity contribution in [2.45, 2.75) is 155 Å². The zero-order valence-corrected chi connectivity index (χ0v) is 34.4. The molecular formula is C45H57N5O2S2. The van der Waals surface area contributed by atoms with E-state index in [0.717, 1.165) is 55.3 Å². The van der Waals surface area contributed by atoms with E-state index in [4.69, 9.17) is 9.97 Å². The normalized spacial score (nSPS) is 12.6. The van der Waals surface area contributed by atoms with Gasteiger partial charge in [0.1, 0.15) is 9.66 Å². The lowest BCUT2D eigenvalue weighted by molar-refractivity contribution is 0.557. The minimum atomic E-state index is -0.0639. The van der Waals surface area contributed by atoms with Crippen LogP contribution in [-0.2, 0) is 19.9 Å². The summed E-state index contributed by atoms with van der Waals surface area (Å²) in [6.07, 6.45) is 28.5. The minimum absolute atomic E-state index is 0.0639. The maximum atomic E-state index is 14.2. The van der Waals surface area contributed by atoms with Crippen LogP contribution in [-0.4, -0.2) is 23.3 Å². The lowest BCUT2D eigenvalue weighted by atomic mass is 10.0. The Morgan fingerprint density at radius 2 is 0.870 bits per heavy atom. The van der Waals surface area contributed by atoms with Crippen LogP contribution in [0.2, 0.25) is 0 Å². The zero-order chi connectivity index (χ0) is 37.2. The van der Waals surface area contributed by atoms with E-state index >= 15 is 0 Å². The molecule has 0 aliphatic carbocycles. The van der Waals surface area contributed by atoms with Gasteiger partial charge in [0, 0.05) is 27.6 Å². The maximum absolute atomic E-state index is 14.2. The molecule has 0 bridgehead atoms. The first-order valence-electron chi connectivity index (χ1n) is 21.3. The number of hydrogen-bond donors (Lipinski definition) is 0. The Morgan fingerprint density at radius 1 is 0.519 bits per heavy atom. The summed E-state index contributed by atoms with van der Waals surface area (Å²) in [4.78, 5) is 43.2. The van der Waals surface area contributed by atoms with E-state index in [0.29, 0.717) is 22.1 Å². The largest absolute Gasteiger partial charge is 0.337 e. The number of fused-ring (bicyclic) bond motifs is 8. The lowest BCUT2D eigenvalue weighted by Crippen LogP contribution is -2.15. The third-order valence-electron chi connectivity index (χ3n) is 12.0. The van der Waals surface area contributed by atoms with Crippen molar-refractivity contribution in [3.05, 3.63) is 54.7 Å².